The van der Waals surface area contributed by atoms with Crippen LogP contribution in [0, 0.1) is 11.8 Å². The lowest BCUT2D eigenvalue weighted by molar-refractivity contribution is 0.236. The summed E-state index contributed by atoms with van der Waals surface area (Å²) in [5, 5.41) is 0. The van der Waals surface area contributed by atoms with Crippen molar-refractivity contribution in [2.45, 2.75) is 32.2 Å². The number of rotatable bonds is 1. The molecule has 2 rings (SSSR count). The highest BCUT2D eigenvalue weighted by atomic mass is 15.1. The van der Waals surface area contributed by atoms with E-state index in [1.807, 2.05) is 0 Å². The largest absolute Gasteiger partial charge is 0.327 e. The van der Waals surface area contributed by atoms with Gasteiger partial charge in [-0.05, 0) is 44.2 Å². The van der Waals surface area contributed by atoms with Crippen LogP contribution >= 0.6 is 0 Å². The Balaban J connectivity index is 1.99. The molecule has 2 N–H and O–H groups in total. The van der Waals surface area contributed by atoms with Crippen LogP contribution in [0.2, 0.25) is 0 Å². The molecule has 0 aromatic heterocycles. The summed E-state index contributed by atoms with van der Waals surface area (Å²) in [5.41, 5.74) is 6.08. The highest BCUT2D eigenvalue weighted by Gasteiger charge is 2.34. The van der Waals surface area contributed by atoms with E-state index in [-0.39, 0.29) is 0 Å². The van der Waals surface area contributed by atoms with Gasteiger partial charge in [0.15, 0.2) is 0 Å². The standard InChI is InChI=1S/C10H20N2/c1-2-12-4-3-8-5-9(7-12)10(11)6-8/h8-10H,2-7,11H2,1H3/t8?,9-,10-/m1/s1. The lowest BCUT2D eigenvalue weighted by Gasteiger charge is -2.25. The highest BCUT2D eigenvalue weighted by Crippen LogP contribution is 2.35. The first-order valence-corrected chi connectivity index (χ1v) is 5.27. The fourth-order valence-corrected chi connectivity index (χ4v) is 2.80. The van der Waals surface area contributed by atoms with E-state index < -0.39 is 0 Å². The minimum atomic E-state index is 0.504. The van der Waals surface area contributed by atoms with E-state index in [0.717, 1.165) is 11.8 Å². The lowest BCUT2D eigenvalue weighted by atomic mass is 10.0. The molecule has 0 aromatic carbocycles. The van der Waals surface area contributed by atoms with E-state index in [4.69, 9.17) is 5.73 Å². The third-order valence-corrected chi connectivity index (χ3v) is 3.64. The molecule has 12 heavy (non-hydrogen) atoms. The summed E-state index contributed by atoms with van der Waals surface area (Å²) in [7, 11) is 0. The molecule has 1 heterocycles. The van der Waals surface area contributed by atoms with Gasteiger partial charge in [0.1, 0.15) is 0 Å². The predicted molar refractivity (Wildman–Crippen MR) is 50.9 cm³/mol. The molecule has 2 fully saturated rings. The van der Waals surface area contributed by atoms with Crippen LogP contribution in [0.4, 0.5) is 0 Å². The predicted octanol–water partition coefficient (Wildman–Crippen LogP) is 1.07. The van der Waals surface area contributed by atoms with Gasteiger partial charge >= 0.3 is 0 Å². The third-order valence-electron chi connectivity index (χ3n) is 3.64. The number of nitrogens with two attached hydrogens (primary N) is 1. The first-order valence-electron chi connectivity index (χ1n) is 5.27. The molecule has 2 bridgehead atoms. The zero-order valence-electron chi connectivity index (χ0n) is 8.00. The fraction of sp³-hybridized carbons (Fsp3) is 1.00. The fourth-order valence-electron chi connectivity index (χ4n) is 2.80. The van der Waals surface area contributed by atoms with Gasteiger partial charge in [-0.1, -0.05) is 6.92 Å². The summed E-state index contributed by atoms with van der Waals surface area (Å²) >= 11 is 0. The molecule has 1 unspecified atom stereocenters. The average molecular weight is 168 g/mol. The van der Waals surface area contributed by atoms with Gasteiger partial charge in [0.2, 0.25) is 0 Å². The van der Waals surface area contributed by atoms with Gasteiger partial charge in [-0.25, -0.2) is 0 Å². The van der Waals surface area contributed by atoms with Crippen LogP contribution in [0.5, 0.6) is 0 Å². The maximum Gasteiger partial charge on any atom is 0.00821 e. The zero-order chi connectivity index (χ0) is 8.55. The summed E-state index contributed by atoms with van der Waals surface area (Å²) in [6, 6.07) is 0.504. The number of likely N-dealkylation sites (tertiary alicyclic amines) is 1. The van der Waals surface area contributed by atoms with Gasteiger partial charge in [-0.3, -0.25) is 0 Å². The Morgan fingerprint density at radius 1 is 1.42 bits per heavy atom. The molecule has 1 saturated carbocycles. The number of hydrogen-bond acceptors (Lipinski definition) is 2. The maximum absolute atomic E-state index is 6.08. The molecule has 0 spiro atoms. The summed E-state index contributed by atoms with van der Waals surface area (Å²) in [6.07, 6.45) is 4.08. The van der Waals surface area contributed by atoms with Crippen LogP contribution in [0.1, 0.15) is 26.2 Å². The van der Waals surface area contributed by atoms with Gasteiger partial charge < -0.3 is 10.6 Å². The number of nitrogens with zero attached hydrogens (tertiary/aromatic N) is 1. The Kier molecular flexibility index (Phi) is 2.37. The third kappa shape index (κ3) is 1.50. The Bertz CT molecular complexity index is 158. The topological polar surface area (TPSA) is 29.3 Å². The zero-order valence-corrected chi connectivity index (χ0v) is 8.00. The summed E-state index contributed by atoms with van der Waals surface area (Å²) in [6.45, 7) is 6.03. The van der Waals surface area contributed by atoms with Crippen LogP contribution < -0.4 is 5.73 Å². The van der Waals surface area contributed by atoms with Crippen molar-refractivity contribution >= 4 is 0 Å². The molecule has 1 aliphatic carbocycles. The number of hydrogen-bond donors (Lipinski definition) is 1. The summed E-state index contributed by atoms with van der Waals surface area (Å²) < 4.78 is 0. The molecule has 2 nitrogen and oxygen atoms in total. The van der Waals surface area contributed by atoms with Crippen LogP contribution in [0.15, 0.2) is 0 Å². The van der Waals surface area contributed by atoms with Crippen LogP contribution in [-0.4, -0.2) is 30.6 Å². The van der Waals surface area contributed by atoms with Gasteiger partial charge in [-0.2, -0.15) is 0 Å². The Labute approximate surface area is 75.1 Å². The molecule has 70 valence electrons. The Morgan fingerprint density at radius 2 is 2.25 bits per heavy atom. The smallest absolute Gasteiger partial charge is 0.00821 e. The minimum Gasteiger partial charge on any atom is -0.327 e. The molecule has 2 aliphatic rings. The van der Waals surface area contributed by atoms with Gasteiger partial charge in [0, 0.05) is 12.6 Å². The maximum atomic E-state index is 6.08. The Hall–Kier alpha value is -0.0800. The van der Waals surface area contributed by atoms with E-state index in [1.54, 1.807) is 0 Å². The second-order valence-electron chi connectivity index (χ2n) is 4.44. The molecule has 0 radical (unpaired) electrons. The first kappa shape index (κ1) is 8.52. The molecule has 0 aromatic rings. The SMILES string of the molecule is CCN1CCC2C[C@H](C1)[C@H](N)C2. The summed E-state index contributed by atoms with van der Waals surface area (Å²) in [4.78, 5) is 2.56. The van der Waals surface area contributed by atoms with Crippen molar-refractivity contribution in [3.8, 4) is 0 Å². The van der Waals surface area contributed by atoms with Crippen molar-refractivity contribution in [1.82, 2.24) is 4.90 Å². The molecular weight excluding hydrogens is 148 g/mol. The molecule has 2 heteroatoms. The van der Waals surface area contributed by atoms with E-state index in [2.05, 4.69) is 11.8 Å². The molecule has 0 amide bonds. The molecule has 3 atom stereocenters. The van der Waals surface area contributed by atoms with Crippen molar-refractivity contribution in [2.75, 3.05) is 19.6 Å². The van der Waals surface area contributed by atoms with Crippen LogP contribution in [0.3, 0.4) is 0 Å². The van der Waals surface area contributed by atoms with E-state index in [0.29, 0.717) is 6.04 Å². The lowest BCUT2D eigenvalue weighted by Crippen LogP contribution is -2.37. The monoisotopic (exact) mass is 168 g/mol. The second kappa shape index (κ2) is 3.35. The Morgan fingerprint density at radius 3 is 3.00 bits per heavy atom. The van der Waals surface area contributed by atoms with Crippen molar-refractivity contribution in [3.05, 3.63) is 0 Å². The second-order valence-corrected chi connectivity index (χ2v) is 4.44. The average Bonchev–Trinajstić information content (AvgIpc) is 2.31. The highest BCUT2D eigenvalue weighted by molar-refractivity contribution is 4.90. The minimum absolute atomic E-state index is 0.504. The normalized spacial score (nSPS) is 43.0. The molecule has 1 saturated heterocycles. The first-order chi connectivity index (χ1) is 5.79. The van der Waals surface area contributed by atoms with Crippen molar-refractivity contribution in [2.24, 2.45) is 17.6 Å². The van der Waals surface area contributed by atoms with Gasteiger partial charge in [0.25, 0.3) is 0 Å². The molecule has 1 aliphatic heterocycles. The molecular formula is C10H20N2. The van der Waals surface area contributed by atoms with E-state index in [1.165, 1.54) is 38.9 Å². The summed E-state index contributed by atoms with van der Waals surface area (Å²) in [5.74, 6) is 1.75. The van der Waals surface area contributed by atoms with Crippen LogP contribution in [-0.2, 0) is 0 Å². The van der Waals surface area contributed by atoms with Gasteiger partial charge in [0.05, 0.1) is 0 Å². The van der Waals surface area contributed by atoms with Crippen molar-refractivity contribution in [3.63, 3.8) is 0 Å². The van der Waals surface area contributed by atoms with Crippen molar-refractivity contribution in [1.29, 1.82) is 0 Å². The van der Waals surface area contributed by atoms with E-state index >= 15 is 0 Å². The van der Waals surface area contributed by atoms with Gasteiger partial charge in [-0.15, -0.1) is 0 Å². The van der Waals surface area contributed by atoms with Crippen molar-refractivity contribution < 1.29 is 0 Å². The number of fused-ring (bicyclic) bond motifs is 2. The quantitative estimate of drug-likeness (QED) is 0.634. The van der Waals surface area contributed by atoms with E-state index in [9.17, 15) is 0 Å². The van der Waals surface area contributed by atoms with Crippen LogP contribution in [0.25, 0.3) is 0 Å².